The molecule has 0 aliphatic rings. The number of hydrogen-bond donors (Lipinski definition) is 1. The van der Waals surface area contributed by atoms with Gasteiger partial charge >= 0.3 is 0 Å². The molecule has 102 valence electrons. The van der Waals surface area contributed by atoms with Crippen LogP contribution in [-0.4, -0.2) is 14.8 Å². The van der Waals surface area contributed by atoms with Crippen LogP contribution in [-0.2, 0) is 13.1 Å². The third-order valence-corrected chi connectivity index (χ3v) is 3.00. The van der Waals surface area contributed by atoms with E-state index in [0.29, 0.717) is 12.4 Å². The van der Waals surface area contributed by atoms with E-state index in [1.54, 1.807) is 4.57 Å². The highest BCUT2D eigenvalue weighted by atomic mass is 35.5. The Labute approximate surface area is 114 Å². The van der Waals surface area contributed by atoms with Crippen molar-refractivity contribution < 1.29 is 8.78 Å². The standard InChI is InChI=1S/C12H13ClF2N4/c1-2-3-19-11(6-16)17-18-12(19)7-4-10(15)8(13)5-9(7)14/h4-5H,2-3,6,16H2,1H3. The maximum absolute atomic E-state index is 13.9. The van der Waals surface area contributed by atoms with Gasteiger partial charge in [0.2, 0.25) is 0 Å². The number of aromatic nitrogens is 3. The van der Waals surface area contributed by atoms with Crippen LogP contribution in [0.5, 0.6) is 0 Å². The van der Waals surface area contributed by atoms with Crippen molar-refractivity contribution in [3.63, 3.8) is 0 Å². The lowest BCUT2D eigenvalue weighted by Gasteiger charge is -2.09. The summed E-state index contributed by atoms with van der Waals surface area (Å²) in [5.74, 6) is -0.542. The molecule has 0 saturated carbocycles. The molecule has 2 aromatic rings. The van der Waals surface area contributed by atoms with E-state index < -0.39 is 11.6 Å². The molecule has 0 fully saturated rings. The summed E-state index contributed by atoms with van der Waals surface area (Å²) in [6.45, 7) is 2.73. The lowest BCUT2D eigenvalue weighted by Crippen LogP contribution is -2.10. The average Bonchev–Trinajstić information content (AvgIpc) is 2.77. The fraction of sp³-hybridized carbons (Fsp3) is 0.333. The summed E-state index contributed by atoms with van der Waals surface area (Å²) in [7, 11) is 0. The Morgan fingerprint density at radius 2 is 2.00 bits per heavy atom. The molecule has 1 aromatic heterocycles. The molecule has 0 amide bonds. The lowest BCUT2D eigenvalue weighted by atomic mass is 10.2. The van der Waals surface area contributed by atoms with Crippen LogP contribution in [0.1, 0.15) is 19.2 Å². The second-order valence-electron chi connectivity index (χ2n) is 4.04. The highest BCUT2D eigenvalue weighted by molar-refractivity contribution is 6.30. The number of nitrogens with two attached hydrogens (primary N) is 1. The molecule has 0 radical (unpaired) electrons. The van der Waals surface area contributed by atoms with Gasteiger partial charge in [0.25, 0.3) is 0 Å². The molecular formula is C12H13ClF2N4. The van der Waals surface area contributed by atoms with Crippen LogP contribution in [0.4, 0.5) is 8.78 Å². The average molecular weight is 287 g/mol. The smallest absolute Gasteiger partial charge is 0.167 e. The van der Waals surface area contributed by atoms with Gasteiger partial charge in [-0.3, -0.25) is 0 Å². The van der Waals surface area contributed by atoms with Crippen LogP contribution in [0.15, 0.2) is 12.1 Å². The Kier molecular flexibility index (Phi) is 4.11. The van der Waals surface area contributed by atoms with Crippen molar-refractivity contribution in [3.8, 4) is 11.4 Å². The highest BCUT2D eigenvalue weighted by Crippen LogP contribution is 2.27. The van der Waals surface area contributed by atoms with Gasteiger partial charge in [-0.15, -0.1) is 10.2 Å². The van der Waals surface area contributed by atoms with Crippen LogP contribution < -0.4 is 5.73 Å². The van der Waals surface area contributed by atoms with Crippen molar-refractivity contribution in [2.24, 2.45) is 5.73 Å². The van der Waals surface area contributed by atoms with Gasteiger partial charge in [-0.2, -0.15) is 0 Å². The minimum Gasteiger partial charge on any atom is -0.324 e. The van der Waals surface area contributed by atoms with Gasteiger partial charge in [-0.1, -0.05) is 18.5 Å². The summed E-state index contributed by atoms with van der Waals surface area (Å²) < 4.78 is 29.0. The number of nitrogens with zero attached hydrogens (tertiary/aromatic N) is 3. The van der Waals surface area contributed by atoms with Crippen LogP contribution in [0.3, 0.4) is 0 Å². The van der Waals surface area contributed by atoms with Crippen molar-refractivity contribution in [1.82, 2.24) is 14.8 Å². The van der Waals surface area contributed by atoms with Gasteiger partial charge in [-0.25, -0.2) is 8.78 Å². The van der Waals surface area contributed by atoms with E-state index >= 15 is 0 Å². The Hall–Kier alpha value is -1.53. The fourth-order valence-corrected chi connectivity index (χ4v) is 1.99. The van der Waals surface area contributed by atoms with E-state index in [2.05, 4.69) is 10.2 Å². The summed E-state index contributed by atoms with van der Waals surface area (Å²) in [6, 6.07) is 1.95. The largest absolute Gasteiger partial charge is 0.324 e. The summed E-state index contributed by atoms with van der Waals surface area (Å²) in [5.41, 5.74) is 5.58. The van der Waals surface area contributed by atoms with Gasteiger partial charge in [0, 0.05) is 6.54 Å². The maximum Gasteiger partial charge on any atom is 0.167 e. The zero-order valence-corrected chi connectivity index (χ0v) is 11.1. The van der Waals surface area contributed by atoms with Crippen molar-refractivity contribution >= 4 is 11.6 Å². The zero-order chi connectivity index (χ0) is 14.0. The van der Waals surface area contributed by atoms with Gasteiger partial charge in [-0.05, 0) is 18.6 Å². The first-order valence-electron chi connectivity index (χ1n) is 5.85. The first kappa shape index (κ1) is 13.9. The van der Waals surface area contributed by atoms with Crippen molar-refractivity contribution in [3.05, 3.63) is 34.6 Å². The van der Waals surface area contributed by atoms with E-state index in [1.807, 2.05) is 6.92 Å². The van der Waals surface area contributed by atoms with E-state index in [1.165, 1.54) is 0 Å². The summed E-state index contributed by atoms with van der Waals surface area (Å²) >= 11 is 5.53. The molecule has 0 bridgehead atoms. The lowest BCUT2D eigenvalue weighted by molar-refractivity contribution is 0.597. The molecule has 0 atom stereocenters. The Bertz CT molecular complexity index is 598. The zero-order valence-electron chi connectivity index (χ0n) is 10.3. The Morgan fingerprint density at radius 1 is 1.26 bits per heavy atom. The van der Waals surface area contributed by atoms with Crippen LogP contribution in [0.25, 0.3) is 11.4 Å². The van der Waals surface area contributed by atoms with Gasteiger partial charge in [0.15, 0.2) is 5.82 Å². The number of rotatable bonds is 4. The van der Waals surface area contributed by atoms with Crippen molar-refractivity contribution in [1.29, 1.82) is 0 Å². The second-order valence-corrected chi connectivity index (χ2v) is 4.45. The number of benzene rings is 1. The summed E-state index contributed by atoms with van der Waals surface area (Å²) in [4.78, 5) is 0. The summed E-state index contributed by atoms with van der Waals surface area (Å²) in [5, 5.41) is 7.52. The SMILES string of the molecule is CCCn1c(CN)nnc1-c1cc(F)c(Cl)cc1F. The van der Waals surface area contributed by atoms with Crippen molar-refractivity contribution in [2.75, 3.05) is 0 Å². The molecule has 2 N–H and O–H groups in total. The predicted molar refractivity (Wildman–Crippen MR) is 68.6 cm³/mol. The van der Waals surface area contributed by atoms with Gasteiger partial charge < -0.3 is 10.3 Å². The number of halogens is 3. The molecule has 19 heavy (non-hydrogen) atoms. The second kappa shape index (κ2) is 5.63. The third-order valence-electron chi connectivity index (χ3n) is 2.71. The molecular weight excluding hydrogens is 274 g/mol. The molecule has 0 aliphatic heterocycles. The molecule has 1 heterocycles. The quantitative estimate of drug-likeness (QED) is 0.879. The molecule has 1 aromatic carbocycles. The molecule has 7 heteroatoms. The van der Waals surface area contributed by atoms with E-state index in [0.717, 1.165) is 18.6 Å². The van der Waals surface area contributed by atoms with Crippen LogP contribution in [0, 0.1) is 11.6 Å². The molecule has 0 unspecified atom stereocenters. The minimum atomic E-state index is -0.696. The maximum atomic E-state index is 13.9. The molecule has 0 saturated heterocycles. The normalized spacial score (nSPS) is 11.0. The third kappa shape index (κ3) is 2.59. The van der Waals surface area contributed by atoms with E-state index in [-0.39, 0.29) is 23.0 Å². The molecule has 0 aliphatic carbocycles. The fourth-order valence-electron chi connectivity index (χ4n) is 1.84. The first-order valence-corrected chi connectivity index (χ1v) is 6.23. The van der Waals surface area contributed by atoms with E-state index in [9.17, 15) is 8.78 Å². The van der Waals surface area contributed by atoms with Crippen LogP contribution in [0.2, 0.25) is 5.02 Å². The highest BCUT2D eigenvalue weighted by Gasteiger charge is 2.18. The topological polar surface area (TPSA) is 56.7 Å². The van der Waals surface area contributed by atoms with Gasteiger partial charge in [0.05, 0.1) is 17.1 Å². The minimum absolute atomic E-state index is 0.0301. The molecule has 0 spiro atoms. The first-order chi connectivity index (χ1) is 9.08. The van der Waals surface area contributed by atoms with Crippen molar-refractivity contribution in [2.45, 2.75) is 26.4 Å². The Balaban J connectivity index is 2.58. The number of hydrogen-bond acceptors (Lipinski definition) is 3. The monoisotopic (exact) mass is 286 g/mol. The molecule has 2 rings (SSSR count). The Morgan fingerprint density at radius 3 is 2.63 bits per heavy atom. The van der Waals surface area contributed by atoms with Crippen LogP contribution >= 0.6 is 11.6 Å². The summed E-state index contributed by atoms with van der Waals surface area (Å²) in [6.07, 6.45) is 0.801. The van der Waals surface area contributed by atoms with E-state index in [4.69, 9.17) is 17.3 Å². The van der Waals surface area contributed by atoms with Gasteiger partial charge in [0.1, 0.15) is 17.5 Å². The molecule has 4 nitrogen and oxygen atoms in total. The predicted octanol–water partition coefficient (Wildman–Crippen LogP) is 2.75.